The number of likely N-dealkylation sites (tertiary alicyclic amines) is 1. The Morgan fingerprint density at radius 2 is 1.34 bits per heavy atom. The van der Waals surface area contributed by atoms with Crippen molar-refractivity contribution in [1.29, 1.82) is 0 Å². The number of hydrogen-bond acceptors (Lipinski definition) is 12. The predicted octanol–water partition coefficient (Wildman–Crippen LogP) is 9.94. The molecule has 74 heavy (non-hydrogen) atoms. The number of non-ortho nitro benzene ring substituents is 1. The van der Waals surface area contributed by atoms with Gasteiger partial charge in [0.2, 0.25) is 11.7 Å². The molecule has 9 rings (SSSR count). The second-order valence-electron chi connectivity index (χ2n) is 19.5. The Morgan fingerprint density at radius 1 is 0.784 bits per heavy atom. The highest BCUT2D eigenvalue weighted by Crippen LogP contribution is 2.51. The van der Waals surface area contributed by atoms with E-state index >= 15 is 14.4 Å². The summed E-state index contributed by atoms with van der Waals surface area (Å²) < 4.78 is 14.9. The molecule has 8 aromatic rings. The second-order valence-corrected chi connectivity index (χ2v) is 28.6. The molecule has 1 amide bonds. The van der Waals surface area contributed by atoms with Crippen LogP contribution in [0.1, 0.15) is 65.9 Å². The van der Waals surface area contributed by atoms with Crippen molar-refractivity contribution < 1.29 is 33.3 Å². The van der Waals surface area contributed by atoms with Gasteiger partial charge in [0, 0.05) is 61.5 Å². The minimum Gasteiger partial charge on any atom is -0.456 e. The van der Waals surface area contributed by atoms with Crippen LogP contribution < -0.4 is 15.9 Å². The molecule has 0 spiro atoms. The van der Waals surface area contributed by atoms with Gasteiger partial charge in [0.25, 0.3) is 5.69 Å². The molecule has 1 aliphatic heterocycles. The van der Waals surface area contributed by atoms with E-state index in [0.29, 0.717) is 20.8 Å². The van der Waals surface area contributed by atoms with Gasteiger partial charge in [-0.05, 0) is 82.9 Å². The molecule has 1 saturated heterocycles. The van der Waals surface area contributed by atoms with Crippen LogP contribution in [0.3, 0.4) is 0 Å². The van der Waals surface area contributed by atoms with Crippen LogP contribution in [0.4, 0.5) is 5.69 Å². The minimum atomic E-state index is -3.42. The van der Waals surface area contributed by atoms with E-state index in [4.69, 9.17) is 9.16 Å². The number of amides is 1. The number of carbonyl (C=O) groups is 4. The zero-order valence-corrected chi connectivity index (χ0v) is 44.9. The molecule has 0 bridgehead atoms. The normalized spacial score (nSPS) is 15.5. The van der Waals surface area contributed by atoms with E-state index in [2.05, 4.69) is 48.8 Å². The molecule has 378 valence electrons. The largest absolute Gasteiger partial charge is 0.456 e. The Labute approximate surface area is 435 Å². The maximum Gasteiger partial charge on any atom is 0.356 e. The summed E-state index contributed by atoms with van der Waals surface area (Å²) in [6.45, 7) is 10.6. The first-order valence-corrected chi connectivity index (χ1v) is 29.6. The van der Waals surface area contributed by atoms with Crippen LogP contribution in [0, 0.1) is 22.0 Å². The standard InChI is InChI=1S/C52H52N5O8PSSi.C5H5N/c1-34(46(58)42-31-55-33-54-44(50(55)67-42)47(59)37-18-17-29-53-30-37)45-43(35(2)65-68(6,7)52(3,4)5)48(60)56(45)49(51(61)64-32-36-25-27-38(28-26-36)57(62)63)66(39-19-11-8-12-20-39,40-21-13-9-14-22-40)41-23-15-10-16-24-41;1-2-4-6-5-3-1/h8-31,33-35,43,45H,32H2,1-7H3;1-5H/t34-,35-,43-,45-;/m1./s1. The smallest absolute Gasteiger partial charge is 0.356 e. The maximum absolute atomic E-state index is 15.7. The van der Waals surface area contributed by atoms with Crippen LogP contribution in [0.5, 0.6) is 0 Å². The zero-order chi connectivity index (χ0) is 52.8. The SMILES string of the molecule is C[C@@H](O[Si](C)(C)C(C)(C)C)[C@H]1C(=O)N(C(C(=O)OCc2ccc([N+](=O)[O-])cc2)=P(c2ccccc2)(c2ccccc2)c2ccccc2)[C@@H]1[C@@H](C)C(=O)c1cn2cnc(C(=O)c3cccnc3)c2s1.c1ccncc1. The molecule has 0 N–H and O–H groups in total. The Kier molecular flexibility index (Phi) is 15.9. The zero-order valence-electron chi connectivity index (χ0n) is 42.1. The van der Waals surface area contributed by atoms with Crippen LogP contribution >= 0.6 is 18.2 Å². The molecule has 0 radical (unpaired) electrons. The number of imidazole rings is 1. The number of esters is 1. The summed E-state index contributed by atoms with van der Waals surface area (Å²) >= 11 is 1.13. The van der Waals surface area contributed by atoms with Crippen molar-refractivity contribution in [2.24, 2.45) is 11.8 Å². The molecule has 1 aliphatic rings. The molecule has 0 saturated carbocycles. The number of rotatable bonds is 16. The Balaban J connectivity index is 0.00000113. The molecule has 0 unspecified atom stereocenters. The van der Waals surface area contributed by atoms with E-state index in [1.807, 2.05) is 116 Å². The quantitative estimate of drug-likeness (QED) is 0.0171. The maximum atomic E-state index is 15.7. The van der Waals surface area contributed by atoms with Crippen LogP contribution in [0.25, 0.3) is 4.83 Å². The van der Waals surface area contributed by atoms with Gasteiger partial charge in [-0.2, -0.15) is 0 Å². The fraction of sp³-hybridized carbons (Fsp3) is 0.228. The van der Waals surface area contributed by atoms with Crippen molar-refractivity contribution in [3.8, 4) is 0 Å². The number of Topliss-reactive ketones (excluding diaryl/α,β-unsaturated/α-hetero) is 1. The number of benzene rings is 4. The summed E-state index contributed by atoms with van der Waals surface area (Å²) in [7, 11) is -2.52. The van der Waals surface area contributed by atoms with Gasteiger partial charge in [-0.3, -0.25) is 38.9 Å². The van der Waals surface area contributed by atoms with Gasteiger partial charge in [-0.1, -0.05) is 125 Å². The highest BCUT2D eigenvalue weighted by atomic mass is 32.1. The van der Waals surface area contributed by atoms with Gasteiger partial charge in [0.1, 0.15) is 28.9 Å². The summed E-state index contributed by atoms with van der Waals surface area (Å²) in [6.07, 6.45) is 9.04. The summed E-state index contributed by atoms with van der Waals surface area (Å²) in [6, 6.07) is 42.7. The highest BCUT2D eigenvalue weighted by molar-refractivity contribution is 7.96. The van der Waals surface area contributed by atoms with Crippen LogP contribution in [0.15, 0.2) is 183 Å². The number of hydrogen-bond donors (Lipinski definition) is 0. The molecule has 4 aromatic carbocycles. The minimum absolute atomic E-state index is 0.0845. The number of nitro benzene ring substituents is 1. The third-order valence-corrected chi connectivity index (χ3v) is 23.7. The number of β-lactam (4-membered cyclic amide) rings is 1. The van der Waals surface area contributed by atoms with Gasteiger partial charge in [0.05, 0.1) is 27.9 Å². The lowest BCUT2D eigenvalue weighted by Gasteiger charge is -2.54. The summed E-state index contributed by atoms with van der Waals surface area (Å²) in [5, 5.41) is 13.6. The number of aromatic nitrogens is 4. The Bertz CT molecular complexity index is 3200. The van der Waals surface area contributed by atoms with Gasteiger partial charge in [0.15, 0.2) is 14.1 Å². The van der Waals surface area contributed by atoms with Gasteiger partial charge >= 0.3 is 5.97 Å². The van der Waals surface area contributed by atoms with Crippen molar-refractivity contribution in [3.63, 3.8) is 0 Å². The predicted molar refractivity (Wildman–Crippen MR) is 293 cm³/mol. The van der Waals surface area contributed by atoms with Crippen LogP contribution in [-0.2, 0) is 25.4 Å². The average Bonchev–Trinajstić information content (AvgIpc) is 4.02. The van der Waals surface area contributed by atoms with Crippen LogP contribution in [-0.4, -0.2) is 78.5 Å². The topological polar surface area (TPSA) is 176 Å². The first kappa shape index (κ1) is 52.8. The van der Waals surface area contributed by atoms with E-state index in [1.165, 1.54) is 41.7 Å². The van der Waals surface area contributed by atoms with Crippen molar-refractivity contribution in [3.05, 3.63) is 215 Å². The molecule has 1 fully saturated rings. The number of fused-ring (bicyclic) bond motifs is 1. The number of carbonyl (C=O) groups excluding carboxylic acids is 4. The number of ketones is 2. The lowest BCUT2D eigenvalue weighted by Crippen LogP contribution is -2.71. The summed E-state index contributed by atoms with van der Waals surface area (Å²) in [5.41, 5.74) is 1.01. The Morgan fingerprint density at radius 3 is 1.82 bits per heavy atom. The molecule has 4 aromatic heterocycles. The molecular weight excluding hydrogens is 988 g/mol. The highest BCUT2D eigenvalue weighted by Gasteiger charge is 2.59. The lowest BCUT2D eigenvalue weighted by molar-refractivity contribution is -0.384. The average molecular weight is 1050 g/mol. The second kappa shape index (κ2) is 22.3. The number of nitro groups is 1. The third kappa shape index (κ3) is 10.6. The number of thiazole rings is 1. The first-order valence-electron chi connectivity index (χ1n) is 24.1. The molecular formula is C57H57N6O8PSSi. The molecule has 14 nitrogen and oxygen atoms in total. The van der Waals surface area contributed by atoms with E-state index in [9.17, 15) is 14.9 Å². The number of ether oxygens (including phenoxy) is 1. The summed E-state index contributed by atoms with van der Waals surface area (Å²) in [4.78, 5) is 85.9. The first-order chi connectivity index (χ1) is 35.5. The molecule has 0 aliphatic carbocycles. The third-order valence-electron chi connectivity index (χ3n) is 13.7. The van der Waals surface area contributed by atoms with Crippen LogP contribution in [0.2, 0.25) is 18.1 Å². The van der Waals surface area contributed by atoms with Crippen molar-refractivity contribution in [1.82, 2.24) is 24.3 Å². The Hall–Kier alpha value is -7.49. The van der Waals surface area contributed by atoms with E-state index in [1.54, 1.807) is 48.2 Å². The van der Waals surface area contributed by atoms with E-state index < -0.39 is 50.1 Å². The lowest BCUT2D eigenvalue weighted by atomic mass is 9.75. The van der Waals surface area contributed by atoms with E-state index in [-0.39, 0.29) is 45.9 Å². The van der Waals surface area contributed by atoms with Crippen molar-refractivity contribution in [2.45, 2.75) is 71.5 Å². The molecule has 17 heteroatoms. The van der Waals surface area contributed by atoms with Gasteiger partial charge in [-0.25, -0.2) is 9.78 Å². The molecule has 5 heterocycles. The van der Waals surface area contributed by atoms with Gasteiger partial charge < -0.3 is 14.1 Å². The number of nitrogens with zero attached hydrogens (tertiary/aromatic N) is 6. The summed E-state index contributed by atoms with van der Waals surface area (Å²) in [5.74, 6) is -3.58. The molecule has 4 atom stereocenters. The van der Waals surface area contributed by atoms with E-state index in [0.717, 1.165) is 27.3 Å². The monoisotopic (exact) mass is 1040 g/mol. The van der Waals surface area contributed by atoms with Crippen molar-refractivity contribution in [2.75, 3.05) is 0 Å². The number of pyridine rings is 2. The fourth-order valence-corrected chi connectivity index (χ4v) is 15.9. The van der Waals surface area contributed by atoms with Crippen molar-refractivity contribution >= 4 is 81.8 Å². The fourth-order valence-electron chi connectivity index (χ4n) is 8.99. The van der Waals surface area contributed by atoms with Gasteiger partial charge in [-0.15, -0.1) is 11.3 Å².